The number of benzene rings is 4. The van der Waals surface area contributed by atoms with Gasteiger partial charge in [-0.05, 0) is 39.6 Å². The zero-order chi connectivity index (χ0) is 24.3. The van der Waals surface area contributed by atoms with E-state index in [1.54, 1.807) is 42.5 Å². The van der Waals surface area contributed by atoms with Crippen LogP contribution in [-0.4, -0.2) is 30.6 Å². The van der Waals surface area contributed by atoms with Crippen molar-refractivity contribution in [1.82, 2.24) is 5.32 Å². The molecule has 0 fully saturated rings. The Labute approximate surface area is 194 Å². The molecule has 1 aliphatic carbocycles. The van der Waals surface area contributed by atoms with Crippen LogP contribution in [0.25, 0.3) is 21.9 Å². The third kappa shape index (κ3) is 3.34. The van der Waals surface area contributed by atoms with Crippen LogP contribution in [0.5, 0.6) is 0 Å². The van der Waals surface area contributed by atoms with E-state index in [9.17, 15) is 18.3 Å². The number of amidine groups is 1. The minimum Gasteiger partial charge on any atom is -0.465 e. The van der Waals surface area contributed by atoms with E-state index in [0.717, 1.165) is 10.9 Å². The monoisotopic (exact) mass is 473 g/mol. The van der Waals surface area contributed by atoms with Crippen molar-refractivity contribution in [2.75, 3.05) is 0 Å². The maximum atomic E-state index is 12.3. The van der Waals surface area contributed by atoms with Gasteiger partial charge in [-0.2, -0.15) is 0 Å². The third-order valence-electron chi connectivity index (χ3n) is 6.02. The number of nitrogens with one attached hydrogen (secondary N) is 2. The van der Waals surface area contributed by atoms with Crippen molar-refractivity contribution in [3.8, 4) is 11.1 Å². The molecule has 0 aliphatic heterocycles. The lowest BCUT2D eigenvalue weighted by Crippen LogP contribution is -2.28. The Morgan fingerprint density at radius 3 is 2.35 bits per heavy atom. The number of sulfonamides is 1. The topological polar surface area (TPSA) is 154 Å². The summed E-state index contributed by atoms with van der Waals surface area (Å²) in [5.74, 6) is -0.314. The lowest BCUT2D eigenvalue weighted by molar-refractivity contribution is 0.175. The standard InChI is InChI=1S/C25H19N3O5S/c26-23(28-24(29)30)18-8-4-7-15-9-10-16(13-19(15)18)25(31)21-17(14-5-2-1-3-6-14)11-12-20(22(21)25)34(27,32)33/h1-13,31H,(H2,26,28)(H,29,30)(H2,27,32,33). The van der Waals surface area contributed by atoms with Crippen LogP contribution in [-0.2, 0) is 15.6 Å². The predicted molar refractivity (Wildman–Crippen MR) is 127 cm³/mol. The van der Waals surface area contributed by atoms with Gasteiger partial charge in [0.15, 0.2) is 0 Å². The quantitative estimate of drug-likeness (QED) is 0.227. The first kappa shape index (κ1) is 21.8. The van der Waals surface area contributed by atoms with Crippen molar-refractivity contribution in [1.29, 1.82) is 5.41 Å². The van der Waals surface area contributed by atoms with Gasteiger partial charge in [0, 0.05) is 16.7 Å². The molecule has 0 aromatic heterocycles. The predicted octanol–water partition coefficient (Wildman–Crippen LogP) is 3.34. The highest BCUT2D eigenvalue weighted by Crippen LogP contribution is 2.59. The molecule has 0 saturated carbocycles. The Bertz CT molecular complexity index is 1620. The number of amides is 1. The summed E-state index contributed by atoms with van der Waals surface area (Å²) < 4.78 is 24.6. The summed E-state index contributed by atoms with van der Waals surface area (Å²) in [6, 6.07) is 22.5. The summed E-state index contributed by atoms with van der Waals surface area (Å²) in [4.78, 5) is 10.9. The highest BCUT2D eigenvalue weighted by Gasteiger charge is 2.56. The van der Waals surface area contributed by atoms with Gasteiger partial charge < -0.3 is 10.2 Å². The summed E-state index contributed by atoms with van der Waals surface area (Å²) in [5, 5.41) is 37.7. The SMILES string of the molecule is N=C(NC(=O)O)c1cccc2ccc(C3(O)c4c(-c5ccccc5)ccc(S(N)(=O)=O)c43)cc12. The van der Waals surface area contributed by atoms with Crippen molar-refractivity contribution in [2.45, 2.75) is 10.5 Å². The second-order valence-corrected chi connectivity index (χ2v) is 9.56. The lowest BCUT2D eigenvalue weighted by Gasteiger charge is -2.14. The molecule has 5 rings (SSSR count). The highest BCUT2D eigenvalue weighted by atomic mass is 32.2. The molecule has 170 valence electrons. The molecule has 6 N–H and O–H groups in total. The number of carbonyl (C=O) groups is 1. The van der Waals surface area contributed by atoms with E-state index in [1.807, 2.05) is 35.6 Å². The Kier molecular flexibility index (Phi) is 4.80. The number of aliphatic hydroxyl groups is 1. The molecular weight excluding hydrogens is 454 g/mol. The summed E-state index contributed by atoms with van der Waals surface area (Å²) in [6.07, 6.45) is -1.36. The second kappa shape index (κ2) is 7.49. The van der Waals surface area contributed by atoms with Gasteiger partial charge in [-0.3, -0.25) is 10.7 Å². The van der Waals surface area contributed by atoms with Gasteiger partial charge in [0.25, 0.3) is 0 Å². The van der Waals surface area contributed by atoms with Gasteiger partial charge in [-0.25, -0.2) is 18.4 Å². The average Bonchev–Trinajstić information content (AvgIpc) is 3.44. The zero-order valence-corrected chi connectivity index (χ0v) is 18.4. The van der Waals surface area contributed by atoms with Crippen molar-refractivity contribution < 1.29 is 23.4 Å². The first-order chi connectivity index (χ1) is 16.1. The molecule has 0 bridgehead atoms. The molecule has 1 amide bonds. The largest absolute Gasteiger partial charge is 0.465 e. The number of primary sulfonamides is 1. The summed E-state index contributed by atoms with van der Waals surface area (Å²) >= 11 is 0. The first-order valence-electron chi connectivity index (χ1n) is 10.2. The van der Waals surface area contributed by atoms with E-state index < -0.39 is 21.7 Å². The van der Waals surface area contributed by atoms with E-state index in [0.29, 0.717) is 27.6 Å². The number of carboxylic acid groups (broad SMARTS) is 1. The van der Waals surface area contributed by atoms with Crippen molar-refractivity contribution in [3.63, 3.8) is 0 Å². The van der Waals surface area contributed by atoms with E-state index >= 15 is 0 Å². The van der Waals surface area contributed by atoms with Gasteiger partial charge in [0.1, 0.15) is 11.4 Å². The maximum Gasteiger partial charge on any atom is 0.410 e. The fourth-order valence-electron chi connectivity index (χ4n) is 4.50. The number of hydrogen-bond donors (Lipinski definition) is 5. The number of hydrogen-bond acceptors (Lipinski definition) is 5. The fourth-order valence-corrected chi connectivity index (χ4v) is 5.29. The van der Waals surface area contributed by atoms with Crippen LogP contribution < -0.4 is 10.5 Å². The second-order valence-electron chi connectivity index (χ2n) is 8.03. The lowest BCUT2D eigenvalue weighted by atomic mass is 9.95. The van der Waals surface area contributed by atoms with E-state index in [4.69, 9.17) is 15.7 Å². The van der Waals surface area contributed by atoms with E-state index in [1.165, 1.54) is 6.07 Å². The summed E-state index contributed by atoms with van der Waals surface area (Å²) in [7, 11) is -4.11. The minimum atomic E-state index is -4.11. The number of rotatable bonds is 4. The molecule has 0 heterocycles. The summed E-state index contributed by atoms with van der Waals surface area (Å²) in [5.41, 5.74) is 1.15. The molecule has 0 radical (unpaired) electrons. The average molecular weight is 474 g/mol. The first-order valence-corrected chi connectivity index (χ1v) is 11.8. The van der Waals surface area contributed by atoms with Gasteiger partial charge in [0.2, 0.25) is 10.0 Å². The molecule has 1 aliphatic rings. The molecule has 0 spiro atoms. The van der Waals surface area contributed by atoms with Gasteiger partial charge in [-0.15, -0.1) is 0 Å². The molecular formula is C25H19N3O5S. The maximum absolute atomic E-state index is 12.3. The van der Waals surface area contributed by atoms with Crippen LogP contribution in [0, 0.1) is 5.41 Å². The smallest absolute Gasteiger partial charge is 0.410 e. The molecule has 4 aromatic rings. The fraction of sp³-hybridized carbons (Fsp3) is 0.0400. The number of nitrogens with two attached hydrogens (primary N) is 1. The molecule has 1 atom stereocenters. The number of fused-ring (bicyclic) bond motifs is 2. The zero-order valence-electron chi connectivity index (χ0n) is 17.6. The molecule has 0 saturated heterocycles. The minimum absolute atomic E-state index is 0.154. The van der Waals surface area contributed by atoms with Crippen LogP contribution in [0.4, 0.5) is 4.79 Å². The molecule has 9 heteroatoms. The van der Waals surface area contributed by atoms with Crippen LogP contribution in [0.1, 0.15) is 22.3 Å². The highest BCUT2D eigenvalue weighted by molar-refractivity contribution is 7.89. The molecule has 34 heavy (non-hydrogen) atoms. The Balaban J connectivity index is 1.72. The van der Waals surface area contributed by atoms with Crippen molar-refractivity contribution in [3.05, 3.63) is 101 Å². The van der Waals surface area contributed by atoms with Crippen molar-refractivity contribution in [2.24, 2.45) is 5.14 Å². The van der Waals surface area contributed by atoms with Crippen LogP contribution in [0.3, 0.4) is 0 Å². The Hall–Kier alpha value is -4.05. The van der Waals surface area contributed by atoms with Gasteiger partial charge >= 0.3 is 6.09 Å². The van der Waals surface area contributed by atoms with Crippen molar-refractivity contribution >= 4 is 32.7 Å². The van der Waals surface area contributed by atoms with E-state index in [2.05, 4.69) is 0 Å². The Morgan fingerprint density at radius 2 is 1.68 bits per heavy atom. The van der Waals surface area contributed by atoms with E-state index in [-0.39, 0.29) is 16.3 Å². The molecule has 4 aromatic carbocycles. The van der Waals surface area contributed by atoms with Gasteiger partial charge in [0.05, 0.1) is 4.90 Å². The normalized spacial score (nSPS) is 16.6. The van der Waals surface area contributed by atoms with Crippen LogP contribution in [0.2, 0.25) is 0 Å². The van der Waals surface area contributed by atoms with Crippen LogP contribution >= 0.6 is 0 Å². The van der Waals surface area contributed by atoms with Gasteiger partial charge in [-0.1, -0.05) is 66.7 Å². The molecule has 8 nitrogen and oxygen atoms in total. The van der Waals surface area contributed by atoms with Crippen LogP contribution in [0.15, 0.2) is 83.8 Å². The summed E-state index contributed by atoms with van der Waals surface area (Å²) in [6.45, 7) is 0. The Morgan fingerprint density at radius 1 is 0.941 bits per heavy atom. The third-order valence-corrected chi connectivity index (χ3v) is 6.97. The molecule has 1 unspecified atom stereocenters.